The van der Waals surface area contributed by atoms with Crippen molar-refractivity contribution in [2.75, 3.05) is 5.88 Å². The Morgan fingerprint density at radius 1 is 1.50 bits per heavy atom. The van der Waals surface area contributed by atoms with Crippen LogP contribution in [0.4, 0.5) is 0 Å². The van der Waals surface area contributed by atoms with Crippen molar-refractivity contribution in [1.29, 1.82) is 0 Å². The zero-order chi connectivity index (χ0) is 10.1. The molecule has 0 aliphatic heterocycles. The molecular weight excluding hydrogens is 202 g/mol. The fourth-order valence-corrected chi connectivity index (χ4v) is 1.66. The quantitative estimate of drug-likeness (QED) is 0.712. The Labute approximate surface area is 85.9 Å². The van der Waals surface area contributed by atoms with Gasteiger partial charge in [0.25, 0.3) is 0 Å². The molecule has 0 atom stereocenters. The average Bonchev–Trinajstić information content (AvgIpc) is 2.43. The molecule has 1 aromatic carbocycles. The first-order valence-electron chi connectivity index (χ1n) is 4.37. The van der Waals surface area contributed by atoms with Crippen LogP contribution >= 0.6 is 11.6 Å². The summed E-state index contributed by atoms with van der Waals surface area (Å²) in [5.41, 5.74) is 2.52. The van der Waals surface area contributed by atoms with Crippen molar-refractivity contribution in [3.05, 3.63) is 34.3 Å². The standard InChI is InChI=1S/C10H10ClNO2/c1-12-8-3-2-7(4-5-11)6-9(8)14-10(12)13/h2-3,6H,4-5H2,1H3. The molecule has 0 aliphatic carbocycles. The van der Waals surface area contributed by atoms with Crippen molar-refractivity contribution in [3.63, 3.8) is 0 Å². The van der Waals surface area contributed by atoms with E-state index in [0.717, 1.165) is 17.5 Å². The summed E-state index contributed by atoms with van der Waals surface area (Å²) in [5.74, 6) is 0.241. The Kier molecular flexibility index (Phi) is 2.33. The minimum Gasteiger partial charge on any atom is -0.408 e. The molecule has 0 aliphatic rings. The highest BCUT2D eigenvalue weighted by Gasteiger charge is 2.05. The van der Waals surface area contributed by atoms with E-state index in [1.165, 1.54) is 4.57 Å². The van der Waals surface area contributed by atoms with Gasteiger partial charge in [0.15, 0.2) is 5.58 Å². The van der Waals surface area contributed by atoms with E-state index in [2.05, 4.69) is 0 Å². The smallest absolute Gasteiger partial charge is 0.408 e. The van der Waals surface area contributed by atoms with Crippen molar-refractivity contribution in [2.45, 2.75) is 6.42 Å². The van der Waals surface area contributed by atoms with Gasteiger partial charge in [-0.3, -0.25) is 4.57 Å². The highest BCUT2D eigenvalue weighted by Crippen LogP contribution is 2.14. The van der Waals surface area contributed by atoms with Gasteiger partial charge in [0.2, 0.25) is 0 Å². The number of oxazole rings is 1. The van der Waals surface area contributed by atoms with Crippen LogP contribution in [0, 0.1) is 0 Å². The zero-order valence-electron chi connectivity index (χ0n) is 7.79. The van der Waals surface area contributed by atoms with E-state index in [1.54, 1.807) is 7.05 Å². The van der Waals surface area contributed by atoms with E-state index in [1.807, 2.05) is 18.2 Å². The third-order valence-corrected chi connectivity index (χ3v) is 2.43. The Morgan fingerprint density at radius 2 is 2.29 bits per heavy atom. The number of rotatable bonds is 2. The van der Waals surface area contributed by atoms with E-state index in [9.17, 15) is 4.79 Å². The molecule has 0 spiro atoms. The van der Waals surface area contributed by atoms with Crippen LogP contribution in [-0.2, 0) is 13.5 Å². The molecule has 74 valence electrons. The van der Waals surface area contributed by atoms with E-state index >= 15 is 0 Å². The lowest BCUT2D eigenvalue weighted by atomic mass is 10.1. The molecule has 4 heteroatoms. The molecular formula is C10H10ClNO2. The van der Waals surface area contributed by atoms with Gasteiger partial charge in [0.1, 0.15) is 0 Å². The van der Waals surface area contributed by atoms with Gasteiger partial charge in [-0.25, -0.2) is 4.79 Å². The zero-order valence-corrected chi connectivity index (χ0v) is 8.54. The largest absolute Gasteiger partial charge is 0.419 e. The number of nitrogens with zero attached hydrogens (tertiary/aromatic N) is 1. The summed E-state index contributed by atoms with van der Waals surface area (Å²) in [5, 5.41) is 0. The molecule has 0 bridgehead atoms. The number of halogens is 1. The molecule has 2 aromatic rings. The highest BCUT2D eigenvalue weighted by molar-refractivity contribution is 6.18. The predicted molar refractivity (Wildman–Crippen MR) is 55.9 cm³/mol. The number of aryl methyl sites for hydroxylation is 2. The topological polar surface area (TPSA) is 35.1 Å². The van der Waals surface area contributed by atoms with Crippen molar-refractivity contribution >= 4 is 22.7 Å². The van der Waals surface area contributed by atoms with Gasteiger partial charge < -0.3 is 4.42 Å². The first-order chi connectivity index (χ1) is 6.72. The fraction of sp³-hybridized carbons (Fsp3) is 0.300. The van der Waals surface area contributed by atoms with E-state index < -0.39 is 0 Å². The van der Waals surface area contributed by atoms with Gasteiger partial charge in [-0.05, 0) is 24.1 Å². The molecule has 1 aromatic heterocycles. The van der Waals surface area contributed by atoms with Crippen LogP contribution in [-0.4, -0.2) is 10.4 Å². The summed E-state index contributed by atoms with van der Waals surface area (Å²) in [6.45, 7) is 0. The van der Waals surface area contributed by atoms with Crippen LogP contribution in [0.3, 0.4) is 0 Å². The maximum atomic E-state index is 11.2. The maximum absolute atomic E-state index is 11.2. The number of alkyl halides is 1. The summed E-state index contributed by atoms with van der Waals surface area (Å²) < 4.78 is 6.54. The minimum absolute atomic E-state index is 0.331. The first kappa shape index (κ1) is 9.34. The van der Waals surface area contributed by atoms with Crippen LogP contribution in [0.25, 0.3) is 11.1 Å². The first-order valence-corrected chi connectivity index (χ1v) is 4.90. The molecule has 1 heterocycles. The Balaban J connectivity index is 2.61. The second-order valence-electron chi connectivity index (χ2n) is 3.17. The summed E-state index contributed by atoms with van der Waals surface area (Å²) in [7, 11) is 1.69. The number of fused-ring (bicyclic) bond motifs is 1. The van der Waals surface area contributed by atoms with Gasteiger partial charge in [-0.15, -0.1) is 11.6 Å². The van der Waals surface area contributed by atoms with Crippen LogP contribution in [0.15, 0.2) is 27.4 Å². The van der Waals surface area contributed by atoms with Crippen LogP contribution < -0.4 is 5.76 Å². The second-order valence-corrected chi connectivity index (χ2v) is 3.55. The Hall–Kier alpha value is -1.22. The van der Waals surface area contributed by atoms with Gasteiger partial charge in [0.05, 0.1) is 5.52 Å². The molecule has 14 heavy (non-hydrogen) atoms. The molecule has 0 amide bonds. The summed E-state index contributed by atoms with van der Waals surface area (Å²) in [6.07, 6.45) is 0.788. The van der Waals surface area contributed by atoms with Crippen molar-refractivity contribution in [3.8, 4) is 0 Å². The molecule has 0 saturated carbocycles. The Morgan fingerprint density at radius 3 is 3.00 bits per heavy atom. The molecule has 0 N–H and O–H groups in total. The lowest BCUT2D eigenvalue weighted by Gasteiger charge is -1.96. The number of benzene rings is 1. The molecule has 3 nitrogen and oxygen atoms in total. The number of hydrogen-bond acceptors (Lipinski definition) is 2. The summed E-state index contributed by atoms with van der Waals surface area (Å²) in [6, 6.07) is 5.70. The monoisotopic (exact) mass is 211 g/mol. The third kappa shape index (κ3) is 1.44. The Bertz CT molecular complexity index is 512. The highest BCUT2D eigenvalue weighted by atomic mass is 35.5. The molecule has 2 rings (SSSR count). The normalized spacial score (nSPS) is 11.0. The van der Waals surface area contributed by atoms with Crippen LogP contribution in [0.5, 0.6) is 0 Å². The van der Waals surface area contributed by atoms with E-state index in [-0.39, 0.29) is 5.76 Å². The van der Waals surface area contributed by atoms with Crippen LogP contribution in [0.2, 0.25) is 0 Å². The SMILES string of the molecule is Cn1c(=O)oc2cc(CCCl)ccc21. The van der Waals surface area contributed by atoms with Crippen molar-refractivity contribution < 1.29 is 4.42 Å². The molecule has 0 radical (unpaired) electrons. The van der Waals surface area contributed by atoms with Gasteiger partial charge >= 0.3 is 5.76 Å². The maximum Gasteiger partial charge on any atom is 0.419 e. The molecule has 0 saturated heterocycles. The predicted octanol–water partition coefficient (Wildman–Crippen LogP) is 1.91. The lowest BCUT2D eigenvalue weighted by molar-refractivity contribution is 0.528. The average molecular weight is 212 g/mol. The lowest BCUT2D eigenvalue weighted by Crippen LogP contribution is -2.08. The molecule has 0 fully saturated rings. The number of aromatic nitrogens is 1. The van der Waals surface area contributed by atoms with Gasteiger partial charge in [0, 0.05) is 12.9 Å². The van der Waals surface area contributed by atoms with E-state index in [0.29, 0.717) is 11.5 Å². The van der Waals surface area contributed by atoms with Crippen LogP contribution in [0.1, 0.15) is 5.56 Å². The van der Waals surface area contributed by atoms with E-state index in [4.69, 9.17) is 16.0 Å². The van der Waals surface area contributed by atoms with Gasteiger partial charge in [-0.1, -0.05) is 6.07 Å². The van der Waals surface area contributed by atoms with Crippen molar-refractivity contribution in [2.24, 2.45) is 7.05 Å². The van der Waals surface area contributed by atoms with Crippen molar-refractivity contribution in [1.82, 2.24) is 4.57 Å². The molecule has 0 unspecified atom stereocenters. The number of hydrogen-bond donors (Lipinski definition) is 0. The minimum atomic E-state index is -0.331. The summed E-state index contributed by atoms with van der Waals surface area (Å²) >= 11 is 5.63. The fourth-order valence-electron chi connectivity index (χ4n) is 1.44. The van der Waals surface area contributed by atoms with Gasteiger partial charge in [-0.2, -0.15) is 0 Å². The second kappa shape index (κ2) is 3.50. The summed E-state index contributed by atoms with van der Waals surface area (Å²) in [4.78, 5) is 11.2. The third-order valence-electron chi connectivity index (χ3n) is 2.24.